The Morgan fingerprint density at radius 1 is 1.37 bits per heavy atom. The van der Waals surface area contributed by atoms with E-state index in [1.54, 1.807) is 10.8 Å². The lowest BCUT2D eigenvalue weighted by atomic mass is 9.79. The third-order valence-corrected chi connectivity index (χ3v) is 5.34. The third kappa shape index (κ3) is 3.08. The fourth-order valence-electron chi connectivity index (χ4n) is 3.88. The van der Waals surface area contributed by atoms with Crippen LogP contribution in [0.25, 0.3) is 11.0 Å². The molecule has 1 atom stereocenters. The molecule has 3 aromatic rings. The minimum atomic E-state index is -0.923. The van der Waals surface area contributed by atoms with Gasteiger partial charge >= 0.3 is 5.69 Å². The van der Waals surface area contributed by atoms with Crippen molar-refractivity contribution in [2.24, 2.45) is 0 Å². The zero-order valence-electron chi connectivity index (χ0n) is 15.9. The molecule has 0 fully saturated rings. The van der Waals surface area contributed by atoms with Gasteiger partial charge in [-0.3, -0.25) is 9.13 Å². The zero-order valence-corrected chi connectivity index (χ0v) is 15.9. The van der Waals surface area contributed by atoms with Gasteiger partial charge in [-0.25, -0.2) is 9.48 Å². The molecule has 1 N–H and O–H groups in total. The molecule has 1 aliphatic heterocycles. The number of rotatable bonds is 6. The topological polar surface area (TPSA) is 87.1 Å². The van der Waals surface area contributed by atoms with Gasteiger partial charge in [0.15, 0.2) is 6.29 Å². The van der Waals surface area contributed by atoms with Crippen LogP contribution in [0.2, 0.25) is 0 Å². The molecular weight excluding hydrogens is 346 g/mol. The van der Waals surface area contributed by atoms with Gasteiger partial charge in [-0.1, -0.05) is 31.2 Å². The Balaban J connectivity index is 1.69. The predicted octanol–water partition coefficient (Wildman–Crippen LogP) is 1.48. The first kappa shape index (κ1) is 17.9. The number of nitrogens with zero attached hydrogens (tertiary/aromatic N) is 5. The quantitative estimate of drug-likeness (QED) is 0.663. The molecule has 0 aliphatic carbocycles. The summed E-state index contributed by atoms with van der Waals surface area (Å²) in [6, 6.07) is 6.12. The third-order valence-electron chi connectivity index (χ3n) is 5.34. The van der Waals surface area contributed by atoms with E-state index in [4.69, 9.17) is 4.74 Å². The lowest BCUT2D eigenvalue weighted by molar-refractivity contribution is -0.105. The maximum Gasteiger partial charge on any atom is 0.329 e. The van der Waals surface area contributed by atoms with Crippen LogP contribution in [0, 0.1) is 0 Å². The maximum atomic E-state index is 13.0. The highest BCUT2D eigenvalue weighted by Crippen LogP contribution is 2.36. The molecular formula is C19H25N5O3. The van der Waals surface area contributed by atoms with Crippen LogP contribution in [0.4, 0.5) is 0 Å². The molecule has 1 aromatic carbocycles. The van der Waals surface area contributed by atoms with E-state index < -0.39 is 6.29 Å². The molecule has 144 valence electrons. The Kier molecular flexibility index (Phi) is 4.39. The van der Waals surface area contributed by atoms with Crippen LogP contribution in [-0.2, 0) is 29.8 Å². The van der Waals surface area contributed by atoms with Crippen molar-refractivity contribution in [3.05, 3.63) is 46.1 Å². The summed E-state index contributed by atoms with van der Waals surface area (Å²) in [5.41, 5.74) is 3.87. The molecule has 8 heteroatoms. The van der Waals surface area contributed by atoms with E-state index in [2.05, 4.69) is 30.2 Å². The normalized spacial score (nSPS) is 16.7. The largest absolute Gasteiger partial charge is 0.366 e. The van der Waals surface area contributed by atoms with Gasteiger partial charge in [0.2, 0.25) is 0 Å². The SMILES string of the molecule is CCOC(O)Cn1cc(Cn2c(=O)n3c4c(cccc42)C(C)(C)CC3)nn1. The van der Waals surface area contributed by atoms with Gasteiger partial charge in [-0.2, -0.15) is 0 Å². The number of aliphatic hydroxyl groups is 1. The summed E-state index contributed by atoms with van der Waals surface area (Å²) in [5, 5.41) is 17.9. The van der Waals surface area contributed by atoms with Crippen LogP contribution in [0.5, 0.6) is 0 Å². The van der Waals surface area contributed by atoms with Gasteiger partial charge < -0.3 is 9.84 Å². The lowest BCUT2D eigenvalue weighted by Crippen LogP contribution is -2.31. The number of benzene rings is 1. The van der Waals surface area contributed by atoms with E-state index >= 15 is 0 Å². The number of para-hydroxylation sites is 1. The van der Waals surface area contributed by atoms with Crippen LogP contribution >= 0.6 is 0 Å². The smallest absolute Gasteiger partial charge is 0.329 e. The van der Waals surface area contributed by atoms with Crippen molar-refractivity contribution in [3.8, 4) is 0 Å². The first-order valence-corrected chi connectivity index (χ1v) is 9.32. The van der Waals surface area contributed by atoms with Crippen LogP contribution in [-0.4, -0.2) is 42.1 Å². The summed E-state index contributed by atoms with van der Waals surface area (Å²) in [6.45, 7) is 7.97. The molecule has 0 spiro atoms. The van der Waals surface area contributed by atoms with Crippen molar-refractivity contribution >= 4 is 11.0 Å². The van der Waals surface area contributed by atoms with Crippen LogP contribution in [0.15, 0.2) is 29.2 Å². The first-order chi connectivity index (χ1) is 12.9. The molecule has 0 saturated carbocycles. The highest BCUT2D eigenvalue weighted by molar-refractivity contribution is 5.81. The standard InChI is InChI=1S/C19H25N5O3/c1-4-27-16(25)12-22-10-13(20-21-22)11-24-15-7-5-6-14-17(15)23(18(24)26)9-8-19(14,2)3/h5-7,10,16,25H,4,8-9,11-12H2,1-3H3. The van der Waals surface area contributed by atoms with Crippen molar-refractivity contribution in [2.75, 3.05) is 6.61 Å². The summed E-state index contributed by atoms with van der Waals surface area (Å²) in [6.07, 6.45) is 1.76. The highest BCUT2D eigenvalue weighted by Gasteiger charge is 2.31. The van der Waals surface area contributed by atoms with Crippen molar-refractivity contribution < 1.29 is 9.84 Å². The van der Waals surface area contributed by atoms with E-state index in [-0.39, 0.29) is 17.6 Å². The Morgan fingerprint density at radius 3 is 2.96 bits per heavy atom. The molecule has 8 nitrogen and oxygen atoms in total. The molecule has 4 rings (SSSR count). The van der Waals surface area contributed by atoms with E-state index in [9.17, 15) is 9.90 Å². The predicted molar refractivity (Wildman–Crippen MR) is 101 cm³/mol. The first-order valence-electron chi connectivity index (χ1n) is 9.32. The summed E-state index contributed by atoms with van der Waals surface area (Å²) < 4.78 is 10.3. The number of ether oxygens (including phenoxy) is 1. The number of hydrogen-bond donors (Lipinski definition) is 1. The average molecular weight is 371 g/mol. The zero-order chi connectivity index (χ0) is 19.2. The van der Waals surface area contributed by atoms with Crippen LogP contribution < -0.4 is 5.69 Å². The minimum Gasteiger partial charge on any atom is -0.366 e. The number of aliphatic hydroxyl groups excluding tert-OH is 1. The van der Waals surface area contributed by atoms with E-state index in [0.29, 0.717) is 18.8 Å². The van der Waals surface area contributed by atoms with E-state index in [0.717, 1.165) is 24.0 Å². The van der Waals surface area contributed by atoms with Crippen molar-refractivity contribution in [2.45, 2.75) is 58.5 Å². The second-order valence-corrected chi connectivity index (χ2v) is 7.67. The summed E-state index contributed by atoms with van der Waals surface area (Å²) in [7, 11) is 0. The van der Waals surface area contributed by atoms with Crippen LogP contribution in [0.3, 0.4) is 0 Å². The number of aryl methyl sites for hydroxylation is 1. The van der Waals surface area contributed by atoms with Gasteiger partial charge in [0, 0.05) is 13.2 Å². The Labute approximate surface area is 157 Å². The van der Waals surface area contributed by atoms with Crippen molar-refractivity contribution in [3.63, 3.8) is 0 Å². The average Bonchev–Trinajstić information content (AvgIpc) is 3.16. The number of imidazole rings is 1. The molecule has 0 bridgehead atoms. The molecule has 0 radical (unpaired) electrons. The van der Waals surface area contributed by atoms with Crippen molar-refractivity contribution in [1.29, 1.82) is 0 Å². The molecule has 1 aliphatic rings. The number of aromatic nitrogens is 5. The molecule has 2 aromatic heterocycles. The summed E-state index contributed by atoms with van der Waals surface area (Å²) in [5.74, 6) is 0. The fourth-order valence-corrected chi connectivity index (χ4v) is 3.88. The van der Waals surface area contributed by atoms with Crippen LogP contribution in [0.1, 0.15) is 38.4 Å². The summed E-state index contributed by atoms with van der Waals surface area (Å²) >= 11 is 0. The molecule has 1 unspecified atom stereocenters. The van der Waals surface area contributed by atoms with Gasteiger partial charge in [-0.05, 0) is 30.4 Å². The molecule has 3 heterocycles. The second kappa shape index (κ2) is 6.61. The van der Waals surface area contributed by atoms with E-state index in [1.807, 2.05) is 23.6 Å². The second-order valence-electron chi connectivity index (χ2n) is 7.67. The highest BCUT2D eigenvalue weighted by atomic mass is 16.6. The Hall–Kier alpha value is -2.45. The molecule has 27 heavy (non-hydrogen) atoms. The van der Waals surface area contributed by atoms with Crippen molar-refractivity contribution in [1.82, 2.24) is 24.1 Å². The molecule has 0 saturated heterocycles. The lowest BCUT2D eigenvalue weighted by Gasteiger charge is -2.30. The maximum absolute atomic E-state index is 13.0. The van der Waals surface area contributed by atoms with E-state index in [1.165, 1.54) is 10.2 Å². The number of hydrogen-bond acceptors (Lipinski definition) is 5. The fraction of sp³-hybridized carbons (Fsp3) is 0.526. The minimum absolute atomic E-state index is 0.0168. The van der Waals surface area contributed by atoms with Gasteiger partial charge in [0.1, 0.15) is 5.69 Å². The Morgan fingerprint density at radius 2 is 2.19 bits per heavy atom. The van der Waals surface area contributed by atoms with Gasteiger partial charge in [0.25, 0.3) is 0 Å². The monoisotopic (exact) mass is 371 g/mol. The summed E-state index contributed by atoms with van der Waals surface area (Å²) in [4.78, 5) is 13.0. The Bertz CT molecular complexity index is 1030. The van der Waals surface area contributed by atoms with Gasteiger partial charge in [0.05, 0.1) is 30.3 Å². The molecule has 0 amide bonds. The van der Waals surface area contributed by atoms with Gasteiger partial charge in [-0.15, -0.1) is 5.10 Å².